The van der Waals surface area contributed by atoms with E-state index in [9.17, 15) is 5.11 Å². The van der Waals surface area contributed by atoms with Gasteiger partial charge in [-0.15, -0.1) is 0 Å². The lowest BCUT2D eigenvalue weighted by atomic mass is 9.91. The largest absolute Gasteiger partial charge is 0.395 e. The Morgan fingerprint density at radius 2 is 2.24 bits per heavy atom. The molecule has 0 aromatic carbocycles. The van der Waals surface area contributed by atoms with Crippen LogP contribution < -0.4 is 4.90 Å². The van der Waals surface area contributed by atoms with Crippen LogP contribution in [-0.2, 0) is 0 Å². The Balaban J connectivity index is 2.11. The van der Waals surface area contributed by atoms with E-state index < -0.39 is 6.10 Å². The van der Waals surface area contributed by atoms with E-state index in [1.54, 1.807) is 13.1 Å². The van der Waals surface area contributed by atoms with Crippen molar-refractivity contribution in [3.8, 4) is 0 Å². The van der Waals surface area contributed by atoms with Gasteiger partial charge in [0.2, 0.25) is 0 Å². The minimum absolute atomic E-state index is 0.161. The van der Waals surface area contributed by atoms with E-state index in [0.717, 1.165) is 5.69 Å². The summed E-state index contributed by atoms with van der Waals surface area (Å²) in [6, 6.07) is 4.37. The first-order chi connectivity index (χ1) is 8.22. The Bertz CT molecular complexity index is 347. The van der Waals surface area contributed by atoms with E-state index in [4.69, 9.17) is 5.11 Å². The van der Waals surface area contributed by atoms with Crippen molar-refractivity contribution >= 4 is 5.69 Å². The highest BCUT2D eigenvalue weighted by atomic mass is 16.3. The second kappa shape index (κ2) is 5.47. The van der Waals surface area contributed by atoms with Crippen molar-refractivity contribution < 1.29 is 10.2 Å². The summed E-state index contributed by atoms with van der Waals surface area (Å²) in [4.78, 5) is 6.46. The second-order valence-corrected chi connectivity index (χ2v) is 4.62. The van der Waals surface area contributed by atoms with Gasteiger partial charge in [0.05, 0.1) is 30.3 Å². The van der Waals surface area contributed by atoms with Gasteiger partial charge in [0.15, 0.2) is 0 Å². The summed E-state index contributed by atoms with van der Waals surface area (Å²) in [6.07, 6.45) is 4.91. The highest BCUT2D eigenvalue weighted by Gasteiger charge is 2.24. The lowest BCUT2D eigenvalue weighted by molar-refractivity contribution is 0.194. The van der Waals surface area contributed by atoms with Gasteiger partial charge in [-0.2, -0.15) is 0 Å². The summed E-state index contributed by atoms with van der Waals surface area (Å²) < 4.78 is 0. The Labute approximate surface area is 102 Å². The standard InChI is InChI=1S/C13H20N2O2/c1-10(17)13-6-5-12(9-14-13)15(7-8-16)11-3-2-4-11/h5-6,9-11,16-17H,2-4,7-8H2,1H3. The first-order valence-electron chi connectivity index (χ1n) is 6.24. The summed E-state index contributed by atoms with van der Waals surface area (Å²) in [6.45, 7) is 2.52. The highest BCUT2D eigenvalue weighted by Crippen LogP contribution is 2.29. The average molecular weight is 236 g/mol. The van der Waals surface area contributed by atoms with Crippen LogP contribution in [0.4, 0.5) is 5.69 Å². The molecule has 2 rings (SSSR count). The first-order valence-corrected chi connectivity index (χ1v) is 6.24. The van der Waals surface area contributed by atoms with E-state index in [-0.39, 0.29) is 6.61 Å². The number of aliphatic hydroxyl groups is 2. The van der Waals surface area contributed by atoms with Gasteiger partial charge in [-0.1, -0.05) is 0 Å². The van der Waals surface area contributed by atoms with Gasteiger partial charge >= 0.3 is 0 Å². The molecule has 1 aliphatic carbocycles. The summed E-state index contributed by atoms with van der Waals surface area (Å²) in [5.41, 5.74) is 1.72. The first kappa shape index (κ1) is 12.3. The molecule has 1 aromatic rings. The van der Waals surface area contributed by atoms with Gasteiger partial charge in [0.1, 0.15) is 0 Å². The predicted molar refractivity (Wildman–Crippen MR) is 66.9 cm³/mol. The molecule has 1 saturated carbocycles. The van der Waals surface area contributed by atoms with Crippen LogP contribution in [0.5, 0.6) is 0 Å². The maximum atomic E-state index is 9.41. The number of anilines is 1. The number of rotatable bonds is 5. The molecule has 1 heterocycles. The zero-order chi connectivity index (χ0) is 12.3. The van der Waals surface area contributed by atoms with Gasteiger partial charge in [-0.05, 0) is 38.3 Å². The molecule has 1 aromatic heterocycles. The molecule has 17 heavy (non-hydrogen) atoms. The summed E-state index contributed by atoms with van der Waals surface area (Å²) in [5, 5.41) is 18.5. The predicted octanol–water partition coefficient (Wildman–Crippen LogP) is 1.49. The Morgan fingerprint density at radius 3 is 2.65 bits per heavy atom. The van der Waals surface area contributed by atoms with E-state index in [1.165, 1.54) is 19.3 Å². The average Bonchev–Trinajstić information content (AvgIpc) is 2.26. The van der Waals surface area contributed by atoms with E-state index in [0.29, 0.717) is 18.3 Å². The van der Waals surface area contributed by atoms with Crippen LogP contribution in [0.25, 0.3) is 0 Å². The third kappa shape index (κ3) is 2.76. The van der Waals surface area contributed by atoms with Crippen LogP contribution in [0.1, 0.15) is 38.0 Å². The minimum Gasteiger partial charge on any atom is -0.395 e. The van der Waals surface area contributed by atoms with Crippen LogP contribution in [0.15, 0.2) is 18.3 Å². The summed E-state index contributed by atoms with van der Waals surface area (Å²) in [5.74, 6) is 0. The monoisotopic (exact) mass is 236 g/mol. The van der Waals surface area contributed by atoms with E-state index in [2.05, 4.69) is 9.88 Å². The molecule has 1 unspecified atom stereocenters. The molecule has 0 saturated heterocycles. The fraction of sp³-hybridized carbons (Fsp3) is 0.615. The van der Waals surface area contributed by atoms with Gasteiger partial charge < -0.3 is 15.1 Å². The quantitative estimate of drug-likeness (QED) is 0.813. The minimum atomic E-state index is -0.529. The number of hydrogen-bond donors (Lipinski definition) is 2. The molecule has 1 atom stereocenters. The molecule has 94 valence electrons. The fourth-order valence-corrected chi connectivity index (χ4v) is 2.14. The molecule has 0 spiro atoms. The molecule has 4 nitrogen and oxygen atoms in total. The molecule has 2 N–H and O–H groups in total. The van der Waals surface area contributed by atoms with Crippen molar-refractivity contribution in [3.05, 3.63) is 24.0 Å². The molecule has 0 bridgehead atoms. The zero-order valence-corrected chi connectivity index (χ0v) is 10.2. The summed E-state index contributed by atoms with van der Waals surface area (Å²) >= 11 is 0. The van der Waals surface area contributed by atoms with Crippen molar-refractivity contribution in [2.45, 2.75) is 38.3 Å². The van der Waals surface area contributed by atoms with Crippen molar-refractivity contribution in [3.63, 3.8) is 0 Å². The third-order valence-electron chi connectivity index (χ3n) is 3.39. The van der Waals surface area contributed by atoms with Gasteiger partial charge in [0.25, 0.3) is 0 Å². The molecule has 1 fully saturated rings. The zero-order valence-electron chi connectivity index (χ0n) is 10.2. The molecule has 0 amide bonds. The second-order valence-electron chi connectivity index (χ2n) is 4.62. The van der Waals surface area contributed by atoms with Gasteiger partial charge in [-0.25, -0.2) is 0 Å². The van der Waals surface area contributed by atoms with E-state index in [1.807, 2.05) is 12.1 Å². The lowest BCUT2D eigenvalue weighted by Gasteiger charge is -2.38. The van der Waals surface area contributed by atoms with Crippen LogP contribution in [0, 0.1) is 0 Å². The number of aliphatic hydroxyl groups excluding tert-OH is 2. The van der Waals surface area contributed by atoms with Crippen LogP contribution in [0.2, 0.25) is 0 Å². The molecule has 0 radical (unpaired) electrons. The van der Waals surface area contributed by atoms with Crippen LogP contribution in [-0.4, -0.2) is 34.4 Å². The van der Waals surface area contributed by atoms with Crippen molar-refractivity contribution in [1.82, 2.24) is 4.98 Å². The Kier molecular flexibility index (Phi) is 3.97. The van der Waals surface area contributed by atoms with Crippen LogP contribution >= 0.6 is 0 Å². The SMILES string of the molecule is CC(O)c1ccc(N(CCO)C2CCC2)cn1. The molecule has 0 aliphatic heterocycles. The Hall–Kier alpha value is -1.13. The fourth-order valence-electron chi connectivity index (χ4n) is 2.14. The maximum absolute atomic E-state index is 9.41. The third-order valence-corrected chi connectivity index (χ3v) is 3.39. The van der Waals surface area contributed by atoms with Crippen LogP contribution in [0.3, 0.4) is 0 Å². The normalized spacial score (nSPS) is 17.6. The molecular formula is C13H20N2O2. The number of nitrogens with zero attached hydrogens (tertiary/aromatic N) is 2. The van der Waals surface area contributed by atoms with Crippen molar-refractivity contribution in [2.75, 3.05) is 18.1 Å². The van der Waals surface area contributed by atoms with Crippen molar-refractivity contribution in [1.29, 1.82) is 0 Å². The number of hydrogen-bond acceptors (Lipinski definition) is 4. The number of aromatic nitrogens is 1. The van der Waals surface area contributed by atoms with E-state index >= 15 is 0 Å². The number of pyridine rings is 1. The van der Waals surface area contributed by atoms with Gasteiger partial charge in [0, 0.05) is 12.6 Å². The summed E-state index contributed by atoms with van der Waals surface area (Å²) in [7, 11) is 0. The topological polar surface area (TPSA) is 56.6 Å². The molecular weight excluding hydrogens is 216 g/mol. The smallest absolute Gasteiger partial charge is 0.0931 e. The lowest BCUT2D eigenvalue weighted by Crippen LogP contribution is -2.42. The van der Waals surface area contributed by atoms with Gasteiger partial charge in [-0.3, -0.25) is 4.98 Å². The molecule has 4 heteroatoms. The highest BCUT2D eigenvalue weighted by molar-refractivity contribution is 5.46. The van der Waals surface area contributed by atoms with Crippen molar-refractivity contribution in [2.24, 2.45) is 0 Å². The molecule has 1 aliphatic rings. The Morgan fingerprint density at radius 1 is 1.47 bits per heavy atom. The maximum Gasteiger partial charge on any atom is 0.0931 e.